The molecular weight excluding hydrogens is 868 g/mol. The van der Waals surface area contributed by atoms with Crippen LogP contribution in [0.4, 0.5) is 4.39 Å². The molecule has 263 valence electrons. The number of hydrogen-bond donors (Lipinski definition) is 0. The fraction of sp³-hybridized carbons (Fsp3) is 0.244. The van der Waals surface area contributed by atoms with Crippen molar-refractivity contribution >= 4 is 39.6 Å². The molecule has 6 heteroatoms. The molecule has 0 bridgehead atoms. The standard InChI is InChI=1S/C25H18NO.C20H27FGeN.Ir/c1-16-12-13-26-22(14-16)20-10-8-17(2)24-21-11-9-19(15-23(21)27-25(20)24)18-6-4-3-5-7-18;1-14-8-9-16(17(21)10-14)19-11-15(12-20(2,3)4)18(13-23-19)22(5,6)7;/h3-9,11-15H,1-2H3;8,10-11,13H,12H2,1-7H3;/q2*-1;/i1D3,2D3;1D3,12D2;. The molecule has 3 heterocycles. The van der Waals surface area contributed by atoms with E-state index in [0.717, 1.165) is 21.6 Å². The number of halogens is 1. The topological polar surface area (TPSA) is 38.9 Å². The number of furan rings is 1. The predicted octanol–water partition coefficient (Wildman–Crippen LogP) is 11.9. The summed E-state index contributed by atoms with van der Waals surface area (Å²) in [6.07, 6.45) is 1.44. The number of pyridine rings is 2. The first-order chi connectivity index (χ1) is 28.1. The first-order valence-corrected chi connectivity index (χ1v) is 23.6. The molecule has 0 saturated heterocycles. The molecule has 0 aliphatic rings. The van der Waals surface area contributed by atoms with E-state index < -0.39 is 51.4 Å². The van der Waals surface area contributed by atoms with Crippen molar-refractivity contribution < 1.29 is 44.0 Å². The number of aryl methyl sites for hydroxylation is 3. The Hall–Kier alpha value is -3.90. The Morgan fingerprint density at radius 3 is 2.25 bits per heavy atom. The predicted molar refractivity (Wildman–Crippen MR) is 210 cm³/mol. The van der Waals surface area contributed by atoms with Gasteiger partial charge in [0.2, 0.25) is 0 Å². The summed E-state index contributed by atoms with van der Waals surface area (Å²) < 4.78 is 109. The van der Waals surface area contributed by atoms with Crippen LogP contribution in [0.15, 0.2) is 102 Å². The van der Waals surface area contributed by atoms with Crippen LogP contribution in [0.5, 0.6) is 0 Å². The third-order valence-corrected chi connectivity index (χ3v) is 12.3. The maximum Gasteiger partial charge on any atom is 0.121 e. The van der Waals surface area contributed by atoms with Crippen LogP contribution >= 0.6 is 0 Å². The van der Waals surface area contributed by atoms with E-state index in [0.29, 0.717) is 38.8 Å². The summed E-state index contributed by atoms with van der Waals surface area (Å²) in [6, 6.07) is 29.3. The van der Waals surface area contributed by atoms with Crippen molar-refractivity contribution in [1.82, 2.24) is 9.97 Å². The molecule has 0 aliphatic carbocycles. The van der Waals surface area contributed by atoms with Gasteiger partial charge in [0, 0.05) is 39.9 Å². The molecule has 3 nitrogen and oxygen atoms in total. The molecule has 0 spiro atoms. The number of nitrogens with zero attached hydrogens (tertiary/aromatic N) is 2. The van der Waals surface area contributed by atoms with Crippen molar-refractivity contribution in [2.24, 2.45) is 5.41 Å². The minimum Gasteiger partial charge on any atom is -0.501 e. The quantitative estimate of drug-likeness (QED) is 0.128. The van der Waals surface area contributed by atoms with Gasteiger partial charge >= 0.3 is 149 Å². The van der Waals surface area contributed by atoms with E-state index in [1.807, 2.05) is 69.3 Å². The average Bonchev–Trinajstić information content (AvgIpc) is 3.55. The van der Waals surface area contributed by atoms with Gasteiger partial charge in [-0.05, 0) is 35.8 Å². The Labute approximate surface area is 333 Å². The monoisotopic (exact) mass is 926 g/mol. The summed E-state index contributed by atoms with van der Waals surface area (Å²) in [7, 11) is 0. The normalized spacial score (nSPS) is 15.9. The van der Waals surface area contributed by atoms with Crippen LogP contribution in [0.25, 0.3) is 55.6 Å². The molecule has 0 atom stereocenters. The smallest absolute Gasteiger partial charge is 0.121 e. The molecule has 51 heavy (non-hydrogen) atoms. The number of aromatic nitrogens is 2. The molecule has 7 aromatic rings. The third-order valence-electron chi connectivity index (χ3n) is 8.04. The van der Waals surface area contributed by atoms with E-state index in [9.17, 15) is 4.39 Å². The Morgan fingerprint density at radius 2 is 1.57 bits per heavy atom. The zero-order valence-electron chi connectivity index (χ0n) is 40.3. The van der Waals surface area contributed by atoms with Gasteiger partial charge in [0.25, 0.3) is 0 Å². The molecule has 0 fully saturated rings. The summed E-state index contributed by atoms with van der Waals surface area (Å²) in [4.78, 5) is 8.71. The summed E-state index contributed by atoms with van der Waals surface area (Å²) in [6.45, 7) is -1.58. The van der Waals surface area contributed by atoms with Gasteiger partial charge in [-0.15, -0.1) is 17.7 Å². The Morgan fingerprint density at radius 1 is 0.824 bits per heavy atom. The number of benzene rings is 4. The number of rotatable bonds is 5. The van der Waals surface area contributed by atoms with E-state index in [4.69, 9.17) is 19.5 Å². The molecule has 0 N–H and O–H groups in total. The molecule has 0 aliphatic heterocycles. The number of hydrogen-bond acceptors (Lipinski definition) is 3. The van der Waals surface area contributed by atoms with E-state index in [2.05, 4.69) is 39.4 Å². The molecule has 1 radical (unpaired) electrons. The van der Waals surface area contributed by atoms with Crippen molar-refractivity contribution in [2.45, 2.75) is 65.0 Å². The van der Waals surface area contributed by atoms with Crippen LogP contribution in [0.1, 0.15) is 58.1 Å². The van der Waals surface area contributed by atoms with Gasteiger partial charge in [-0.2, -0.15) is 0 Å². The van der Waals surface area contributed by atoms with E-state index in [-0.39, 0.29) is 48.1 Å². The van der Waals surface area contributed by atoms with Crippen molar-refractivity contribution in [3.63, 3.8) is 0 Å². The summed E-state index contributed by atoms with van der Waals surface area (Å²) in [5.41, 5.74) is 3.88. The SMILES string of the molecule is [2H]C([2H])([2H])c1c[c-]c(-c2cc(C([2H])([2H])C(C)(C)C)[c]([Ge]([CH3])([CH3])[CH3])cn2)c(F)c1.[2H]C([2H])([2H])c1ccnc(-c2[c-]cc(C([2H])([2H])[2H])c3c2oc2cc(-c4ccccc4)ccc23)c1.[Ir]. The van der Waals surface area contributed by atoms with E-state index in [1.165, 1.54) is 30.5 Å². The molecule has 3 aromatic heterocycles. The molecule has 4 aromatic carbocycles. The van der Waals surface area contributed by atoms with Gasteiger partial charge in [-0.3, -0.25) is 0 Å². The minimum atomic E-state index is -2.47. The summed E-state index contributed by atoms with van der Waals surface area (Å²) in [5, 5.41) is 1.12. The third kappa shape index (κ3) is 8.77. The van der Waals surface area contributed by atoms with Crippen molar-refractivity contribution in [2.75, 3.05) is 0 Å². The average molecular weight is 925 g/mol. The van der Waals surface area contributed by atoms with Crippen LogP contribution in [0.3, 0.4) is 0 Å². The first kappa shape index (κ1) is 26.0. The van der Waals surface area contributed by atoms with Crippen LogP contribution in [0.2, 0.25) is 17.3 Å². The van der Waals surface area contributed by atoms with Crippen LogP contribution in [-0.2, 0) is 26.5 Å². The Balaban J connectivity index is 0.000000234. The summed E-state index contributed by atoms with van der Waals surface area (Å²) >= 11 is -2.47. The largest absolute Gasteiger partial charge is 0.501 e. The maximum absolute atomic E-state index is 14.7. The molecule has 0 saturated carbocycles. The van der Waals surface area contributed by atoms with Gasteiger partial charge in [0.05, 0.1) is 5.58 Å². The second-order valence-electron chi connectivity index (χ2n) is 14.2. The van der Waals surface area contributed by atoms with E-state index >= 15 is 0 Å². The van der Waals surface area contributed by atoms with Crippen molar-refractivity contribution in [3.05, 3.63) is 138 Å². The fourth-order valence-electron chi connectivity index (χ4n) is 5.75. The van der Waals surface area contributed by atoms with Crippen molar-refractivity contribution in [3.8, 4) is 33.6 Å². The minimum absolute atomic E-state index is 0. The zero-order valence-corrected chi connectivity index (χ0v) is 33.7. The van der Waals surface area contributed by atoms with E-state index in [1.54, 1.807) is 12.3 Å². The Bertz CT molecular complexity index is 2740. The molecule has 7 rings (SSSR count). The van der Waals surface area contributed by atoms with Crippen molar-refractivity contribution in [1.29, 1.82) is 0 Å². The molecule has 0 amide bonds. The van der Waals surface area contributed by atoms with Crippen LogP contribution in [0, 0.1) is 43.9 Å². The zero-order chi connectivity index (χ0) is 45.1. The van der Waals surface area contributed by atoms with Gasteiger partial charge in [-0.25, -0.2) is 0 Å². The fourth-order valence-corrected chi connectivity index (χ4v) is 8.68. The molecular formula is C45H45FGeIrN2O-2. The Kier molecular flexibility index (Phi) is 7.83. The second kappa shape index (κ2) is 15.4. The van der Waals surface area contributed by atoms with Crippen LogP contribution in [-0.4, -0.2) is 23.2 Å². The van der Waals surface area contributed by atoms with Crippen LogP contribution < -0.4 is 4.40 Å². The van der Waals surface area contributed by atoms with Gasteiger partial charge in [0.15, 0.2) is 0 Å². The number of fused-ring (bicyclic) bond motifs is 3. The van der Waals surface area contributed by atoms with Gasteiger partial charge in [0.1, 0.15) is 5.58 Å². The summed E-state index contributed by atoms with van der Waals surface area (Å²) in [5.74, 6) is 5.76. The molecule has 0 unspecified atom stereocenters. The van der Waals surface area contributed by atoms with Gasteiger partial charge < -0.3 is 9.40 Å². The van der Waals surface area contributed by atoms with Gasteiger partial charge in [-0.1, -0.05) is 71.9 Å². The maximum atomic E-state index is 14.7. The first-order valence-electron chi connectivity index (χ1n) is 21.8. The second-order valence-corrected chi connectivity index (χ2v) is 24.8.